The lowest BCUT2D eigenvalue weighted by atomic mass is 10.0. The van der Waals surface area contributed by atoms with Gasteiger partial charge in [0.25, 0.3) is 0 Å². The van der Waals surface area contributed by atoms with E-state index in [1.807, 2.05) is 0 Å². The lowest BCUT2D eigenvalue weighted by Crippen LogP contribution is -2.26. The van der Waals surface area contributed by atoms with Crippen LogP contribution in [0.15, 0.2) is 29.2 Å². The van der Waals surface area contributed by atoms with Gasteiger partial charge in [0.1, 0.15) is 0 Å². The first-order valence-electron chi connectivity index (χ1n) is 8.95. The number of ether oxygens (including phenoxy) is 1. The fourth-order valence-electron chi connectivity index (χ4n) is 2.45. The molecule has 0 spiro atoms. The topological polar surface area (TPSA) is 55.4 Å². The van der Waals surface area contributed by atoms with E-state index in [4.69, 9.17) is 4.74 Å². The monoisotopic (exact) mass is 395 g/mol. The molecule has 0 radical (unpaired) electrons. The minimum Gasteiger partial charge on any atom is -0.381 e. The molecule has 1 unspecified atom stereocenters. The van der Waals surface area contributed by atoms with E-state index in [0.717, 1.165) is 37.5 Å². The average molecular weight is 395 g/mol. The van der Waals surface area contributed by atoms with Gasteiger partial charge in [0.05, 0.1) is 10.5 Å². The number of benzene rings is 1. The zero-order chi connectivity index (χ0) is 19.6. The fraction of sp³-hybridized carbons (Fsp3) is 0.667. The number of unbranched alkanes of at least 4 members (excludes halogenated alkanes) is 1. The molecule has 1 rings (SSSR count). The van der Waals surface area contributed by atoms with Crippen molar-refractivity contribution in [2.75, 3.05) is 19.8 Å². The molecule has 0 aliphatic rings. The lowest BCUT2D eigenvalue weighted by Gasteiger charge is -2.14. The van der Waals surface area contributed by atoms with Gasteiger partial charge in [-0.3, -0.25) is 0 Å². The summed E-state index contributed by atoms with van der Waals surface area (Å²) in [6, 6.07) is 3.71. The highest BCUT2D eigenvalue weighted by molar-refractivity contribution is 7.89. The zero-order valence-corrected chi connectivity index (χ0v) is 16.1. The molecule has 0 saturated heterocycles. The zero-order valence-electron chi connectivity index (χ0n) is 15.3. The molecule has 0 aromatic heterocycles. The van der Waals surface area contributed by atoms with Gasteiger partial charge in [0.15, 0.2) is 0 Å². The highest BCUT2D eigenvalue weighted by Gasteiger charge is 2.31. The van der Waals surface area contributed by atoms with Crippen molar-refractivity contribution in [3.63, 3.8) is 0 Å². The van der Waals surface area contributed by atoms with Crippen molar-refractivity contribution >= 4 is 10.0 Å². The summed E-state index contributed by atoms with van der Waals surface area (Å²) in [4.78, 5) is -0.390. The highest BCUT2D eigenvalue weighted by Crippen LogP contribution is 2.30. The van der Waals surface area contributed by atoms with E-state index in [9.17, 15) is 21.6 Å². The number of nitrogens with one attached hydrogen (secondary N) is 1. The van der Waals surface area contributed by atoms with Crippen molar-refractivity contribution in [2.45, 2.75) is 57.0 Å². The summed E-state index contributed by atoms with van der Waals surface area (Å²) in [6.45, 7) is 5.44. The van der Waals surface area contributed by atoms with E-state index < -0.39 is 21.8 Å². The third kappa shape index (κ3) is 8.05. The molecule has 1 aromatic rings. The van der Waals surface area contributed by atoms with E-state index in [-0.39, 0.29) is 11.4 Å². The van der Waals surface area contributed by atoms with Crippen LogP contribution in [0.2, 0.25) is 0 Å². The Balaban J connectivity index is 2.40. The van der Waals surface area contributed by atoms with Crippen molar-refractivity contribution < 1.29 is 26.3 Å². The van der Waals surface area contributed by atoms with Gasteiger partial charge in [0.2, 0.25) is 10.0 Å². The molecule has 0 aliphatic heterocycles. The molecule has 26 heavy (non-hydrogen) atoms. The van der Waals surface area contributed by atoms with Crippen LogP contribution < -0.4 is 4.72 Å². The molecule has 1 N–H and O–H groups in total. The molecule has 150 valence electrons. The molecule has 0 saturated carbocycles. The summed E-state index contributed by atoms with van der Waals surface area (Å²) in [5, 5.41) is 0. The third-order valence-electron chi connectivity index (χ3n) is 4.13. The van der Waals surface area contributed by atoms with Gasteiger partial charge in [-0.25, -0.2) is 13.1 Å². The molecule has 0 fully saturated rings. The molecular formula is C18H28F3NO3S. The van der Waals surface area contributed by atoms with Crippen molar-refractivity contribution in [2.24, 2.45) is 5.92 Å². The SMILES string of the molecule is CCCCC(CC)COCCCNS(=O)(=O)c1cccc(C(F)(F)F)c1. The summed E-state index contributed by atoms with van der Waals surface area (Å²) in [5.41, 5.74) is -0.985. The van der Waals surface area contributed by atoms with Crippen LogP contribution in [0.3, 0.4) is 0 Å². The van der Waals surface area contributed by atoms with Gasteiger partial charge in [-0.2, -0.15) is 13.2 Å². The van der Waals surface area contributed by atoms with Crippen molar-refractivity contribution in [3.8, 4) is 0 Å². The molecule has 4 nitrogen and oxygen atoms in total. The normalized spacial score (nSPS) is 13.7. The molecule has 0 bridgehead atoms. The highest BCUT2D eigenvalue weighted by atomic mass is 32.2. The molecule has 0 aliphatic carbocycles. The first-order valence-corrected chi connectivity index (χ1v) is 10.4. The summed E-state index contributed by atoms with van der Waals surface area (Å²) < 4.78 is 70.2. The summed E-state index contributed by atoms with van der Waals surface area (Å²) in [7, 11) is -3.97. The first-order chi connectivity index (χ1) is 12.2. The fourth-order valence-corrected chi connectivity index (χ4v) is 3.57. The van der Waals surface area contributed by atoms with Crippen molar-refractivity contribution in [1.82, 2.24) is 4.72 Å². The average Bonchev–Trinajstić information content (AvgIpc) is 2.60. The van der Waals surface area contributed by atoms with E-state index in [2.05, 4.69) is 18.6 Å². The lowest BCUT2D eigenvalue weighted by molar-refractivity contribution is -0.137. The second-order valence-electron chi connectivity index (χ2n) is 6.27. The number of sulfonamides is 1. The number of halogens is 3. The Morgan fingerprint density at radius 1 is 1.19 bits per heavy atom. The Morgan fingerprint density at radius 2 is 1.92 bits per heavy atom. The predicted octanol–water partition coefficient (Wildman–Crippen LogP) is 4.61. The van der Waals surface area contributed by atoms with Gasteiger partial charge in [-0.1, -0.05) is 39.2 Å². The van der Waals surface area contributed by atoms with Crippen LogP contribution in [0.1, 0.15) is 51.5 Å². The van der Waals surface area contributed by atoms with Crippen molar-refractivity contribution in [3.05, 3.63) is 29.8 Å². The number of rotatable bonds is 12. The maximum atomic E-state index is 12.7. The Kier molecular flexibility index (Phi) is 9.60. The Bertz CT molecular complexity index is 633. The van der Waals surface area contributed by atoms with E-state index in [0.29, 0.717) is 31.6 Å². The largest absolute Gasteiger partial charge is 0.416 e. The van der Waals surface area contributed by atoms with Gasteiger partial charge in [-0.05, 0) is 37.0 Å². The Labute approximate surface area is 154 Å². The van der Waals surface area contributed by atoms with E-state index >= 15 is 0 Å². The minimum atomic E-state index is -4.58. The summed E-state index contributed by atoms with van der Waals surface area (Å²) in [6.07, 6.45) is 0.360. The number of hydrogen-bond donors (Lipinski definition) is 1. The molecule has 1 atom stereocenters. The van der Waals surface area contributed by atoms with Gasteiger partial charge >= 0.3 is 6.18 Å². The van der Waals surface area contributed by atoms with Crippen LogP contribution >= 0.6 is 0 Å². The molecule has 0 amide bonds. The van der Waals surface area contributed by atoms with E-state index in [1.165, 1.54) is 6.42 Å². The number of alkyl halides is 3. The van der Waals surface area contributed by atoms with E-state index in [1.54, 1.807) is 0 Å². The third-order valence-corrected chi connectivity index (χ3v) is 5.58. The maximum Gasteiger partial charge on any atom is 0.416 e. The molecular weight excluding hydrogens is 367 g/mol. The summed E-state index contributed by atoms with van der Waals surface area (Å²) >= 11 is 0. The Hall–Kier alpha value is -1.12. The standard InChI is InChI=1S/C18H28F3NO3S/c1-3-5-8-15(4-2)14-25-12-7-11-22-26(23,24)17-10-6-9-16(13-17)18(19,20)21/h6,9-10,13,15,22H,3-5,7-8,11-12,14H2,1-2H3. The van der Waals surface area contributed by atoms with Gasteiger partial charge in [0, 0.05) is 19.8 Å². The van der Waals surface area contributed by atoms with Gasteiger partial charge < -0.3 is 4.74 Å². The van der Waals surface area contributed by atoms with Crippen LogP contribution in [0, 0.1) is 5.92 Å². The molecule has 0 heterocycles. The summed E-state index contributed by atoms with van der Waals surface area (Å²) in [5.74, 6) is 0.511. The van der Waals surface area contributed by atoms with Gasteiger partial charge in [-0.15, -0.1) is 0 Å². The molecule has 1 aromatic carbocycles. The first kappa shape index (κ1) is 22.9. The van der Waals surface area contributed by atoms with Crippen LogP contribution in [-0.2, 0) is 20.9 Å². The molecule has 8 heteroatoms. The van der Waals surface area contributed by atoms with Crippen LogP contribution in [0.25, 0.3) is 0 Å². The van der Waals surface area contributed by atoms with Crippen LogP contribution in [0.5, 0.6) is 0 Å². The second-order valence-corrected chi connectivity index (χ2v) is 8.04. The second kappa shape index (κ2) is 10.9. The van der Waals surface area contributed by atoms with Crippen LogP contribution in [0.4, 0.5) is 13.2 Å². The van der Waals surface area contributed by atoms with Crippen LogP contribution in [-0.4, -0.2) is 28.2 Å². The quantitative estimate of drug-likeness (QED) is 0.526. The van der Waals surface area contributed by atoms with Crippen molar-refractivity contribution in [1.29, 1.82) is 0 Å². The predicted molar refractivity (Wildman–Crippen MR) is 95.4 cm³/mol. The number of hydrogen-bond acceptors (Lipinski definition) is 3. The maximum absolute atomic E-state index is 12.7. The minimum absolute atomic E-state index is 0.115. The Morgan fingerprint density at radius 3 is 2.54 bits per heavy atom. The smallest absolute Gasteiger partial charge is 0.381 e.